The number of unbranched alkanes of at least 4 members (excludes halogenated alkanes) is 1. The van der Waals surface area contributed by atoms with Crippen molar-refractivity contribution in [1.82, 2.24) is 10.3 Å². The normalized spacial score (nSPS) is 12.8. The van der Waals surface area contributed by atoms with Gasteiger partial charge in [-0.15, -0.1) is 0 Å². The summed E-state index contributed by atoms with van der Waals surface area (Å²) in [6, 6.07) is 3.95. The second-order valence-electron chi connectivity index (χ2n) is 5.42. The number of aromatic nitrogens is 1. The number of nitrogens with zero attached hydrogens (tertiary/aromatic N) is 1. The Hall–Kier alpha value is -1.59. The highest BCUT2D eigenvalue weighted by atomic mass is 16.6. The molecule has 21 heavy (non-hydrogen) atoms. The molecule has 0 aliphatic carbocycles. The van der Waals surface area contributed by atoms with Gasteiger partial charge in [-0.3, -0.25) is 5.32 Å². The van der Waals surface area contributed by atoms with Crippen LogP contribution >= 0.6 is 0 Å². The van der Waals surface area contributed by atoms with Crippen LogP contribution in [-0.2, 0) is 0 Å². The highest BCUT2D eigenvalue weighted by Gasteiger charge is 2.09. The van der Waals surface area contributed by atoms with Gasteiger partial charge in [-0.2, -0.15) is 4.98 Å². The van der Waals surface area contributed by atoms with Crippen molar-refractivity contribution in [3.05, 3.63) is 23.3 Å². The van der Waals surface area contributed by atoms with Gasteiger partial charge in [0, 0.05) is 6.54 Å². The number of aryl methyl sites for hydroxylation is 2. The summed E-state index contributed by atoms with van der Waals surface area (Å²) in [5, 5.41) is 12.7. The lowest BCUT2D eigenvalue weighted by Crippen LogP contribution is -2.29. The average Bonchev–Trinajstić information content (AvgIpc) is 2.83. The van der Waals surface area contributed by atoms with Crippen LogP contribution in [0.4, 0.5) is 0 Å². The Morgan fingerprint density at radius 1 is 1.33 bits per heavy atom. The molecule has 1 aromatic carbocycles. The molecule has 116 valence electrons. The van der Waals surface area contributed by atoms with Crippen LogP contribution in [0.3, 0.4) is 0 Å². The Kier molecular flexibility index (Phi) is 5.59. The minimum absolute atomic E-state index is 0.255. The van der Waals surface area contributed by atoms with E-state index in [-0.39, 0.29) is 18.9 Å². The summed E-state index contributed by atoms with van der Waals surface area (Å²) in [6.45, 7) is 6.98. The molecular formula is C16H24N2O3. The van der Waals surface area contributed by atoms with Crippen molar-refractivity contribution in [2.24, 2.45) is 0 Å². The molecule has 2 N–H and O–H groups in total. The fraction of sp³-hybridized carbons (Fsp3) is 0.562. The molecule has 0 bridgehead atoms. The van der Waals surface area contributed by atoms with Gasteiger partial charge in [0.1, 0.15) is 12.2 Å². The van der Waals surface area contributed by atoms with E-state index in [0.29, 0.717) is 6.54 Å². The third-order valence-electron chi connectivity index (χ3n) is 3.55. The zero-order chi connectivity index (χ0) is 15.2. The van der Waals surface area contributed by atoms with E-state index >= 15 is 0 Å². The second kappa shape index (κ2) is 7.43. The first kappa shape index (κ1) is 15.8. The molecule has 2 aromatic rings. The van der Waals surface area contributed by atoms with E-state index in [9.17, 15) is 5.11 Å². The van der Waals surface area contributed by atoms with Gasteiger partial charge in [0.15, 0.2) is 5.58 Å². The van der Waals surface area contributed by atoms with Crippen molar-refractivity contribution >= 4 is 11.1 Å². The Labute approximate surface area is 125 Å². The van der Waals surface area contributed by atoms with E-state index in [1.807, 2.05) is 26.0 Å². The number of hydrogen-bond acceptors (Lipinski definition) is 5. The molecule has 1 atom stereocenters. The molecule has 0 saturated heterocycles. The largest absolute Gasteiger partial charge is 0.434 e. The first-order valence-corrected chi connectivity index (χ1v) is 7.49. The summed E-state index contributed by atoms with van der Waals surface area (Å²) in [5.41, 5.74) is 3.88. The molecule has 0 aliphatic rings. The fourth-order valence-electron chi connectivity index (χ4n) is 2.10. The van der Waals surface area contributed by atoms with Crippen molar-refractivity contribution in [3.63, 3.8) is 0 Å². The smallest absolute Gasteiger partial charge is 0.395 e. The standard InChI is InChI=1S/C16H24N2O3/c1-4-5-6-13(19)9-17-10-20-16-18-14-7-11(2)12(3)8-15(14)21-16/h7-8,13,17,19H,4-6,9-10H2,1-3H3. The number of hydrogen-bond donors (Lipinski definition) is 2. The molecule has 0 fully saturated rings. The molecule has 0 spiro atoms. The number of rotatable bonds is 8. The minimum atomic E-state index is -0.331. The maximum absolute atomic E-state index is 9.70. The average molecular weight is 292 g/mol. The zero-order valence-electron chi connectivity index (χ0n) is 13.0. The highest BCUT2D eigenvalue weighted by Crippen LogP contribution is 2.23. The van der Waals surface area contributed by atoms with Crippen LogP contribution in [0.25, 0.3) is 11.1 Å². The van der Waals surface area contributed by atoms with Crippen LogP contribution in [0.2, 0.25) is 0 Å². The topological polar surface area (TPSA) is 67.5 Å². The molecule has 1 heterocycles. The van der Waals surface area contributed by atoms with Crippen LogP contribution in [0.15, 0.2) is 16.5 Å². The van der Waals surface area contributed by atoms with E-state index in [4.69, 9.17) is 9.15 Å². The molecule has 1 unspecified atom stereocenters. The molecule has 0 aliphatic heterocycles. The van der Waals surface area contributed by atoms with Gasteiger partial charge in [-0.05, 0) is 43.5 Å². The van der Waals surface area contributed by atoms with Gasteiger partial charge in [-0.25, -0.2) is 0 Å². The summed E-state index contributed by atoms with van der Waals surface area (Å²) in [5.74, 6) is 0. The molecule has 5 heteroatoms. The lowest BCUT2D eigenvalue weighted by molar-refractivity contribution is 0.139. The van der Waals surface area contributed by atoms with Gasteiger partial charge >= 0.3 is 6.08 Å². The van der Waals surface area contributed by atoms with Crippen molar-refractivity contribution in [3.8, 4) is 6.08 Å². The maximum Gasteiger partial charge on any atom is 0.395 e. The minimum Gasteiger partial charge on any atom is -0.434 e. The van der Waals surface area contributed by atoms with E-state index in [2.05, 4.69) is 17.2 Å². The molecular weight excluding hydrogens is 268 g/mol. The first-order valence-electron chi connectivity index (χ1n) is 7.49. The number of benzene rings is 1. The van der Waals surface area contributed by atoms with Crippen LogP contribution in [-0.4, -0.2) is 29.5 Å². The van der Waals surface area contributed by atoms with E-state index in [1.54, 1.807) is 0 Å². The fourth-order valence-corrected chi connectivity index (χ4v) is 2.10. The Morgan fingerprint density at radius 2 is 2.10 bits per heavy atom. The number of fused-ring (bicyclic) bond motifs is 1. The quantitative estimate of drug-likeness (QED) is 0.578. The Balaban J connectivity index is 1.81. The molecule has 0 saturated carbocycles. The van der Waals surface area contributed by atoms with Crippen LogP contribution < -0.4 is 10.1 Å². The van der Waals surface area contributed by atoms with Gasteiger partial charge in [0.25, 0.3) is 0 Å². The van der Waals surface area contributed by atoms with Gasteiger partial charge < -0.3 is 14.3 Å². The highest BCUT2D eigenvalue weighted by molar-refractivity contribution is 5.75. The number of oxazole rings is 1. The number of nitrogens with one attached hydrogen (secondary N) is 1. The zero-order valence-corrected chi connectivity index (χ0v) is 13.0. The molecule has 0 amide bonds. The van der Waals surface area contributed by atoms with Gasteiger partial charge in [-0.1, -0.05) is 19.8 Å². The SMILES string of the molecule is CCCCC(O)CNCOc1nc2cc(C)c(C)cc2o1. The van der Waals surface area contributed by atoms with E-state index < -0.39 is 0 Å². The summed E-state index contributed by atoms with van der Waals surface area (Å²) < 4.78 is 11.0. The Bertz CT molecular complexity index is 541. The van der Waals surface area contributed by atoms with Crippen LogP contribution in [0.1, 0.15) is 37.3 Å². The number of aliphatic hydroxyl groups is 1. The maximum atomic E-state index is 9.70. The van der Waals surface area contributed by atoms with Crippen molar-refractivity contribution in [2.45, 2.75) is 46.1 Å². The van der Waals surface area contributed by atoms with Gasteiger partial charge in [0.05, 0.1) is 6.10 Å². The predicted octanol–water partition coefficient (Wildman–Crippen LogP) is 2.92. The van der Waals surface area contributed by atoms with Gasteiger partial charge in [0.2, 0.25) is 0 Å². The first-order chi connectivity index (χ1) is 10.1. The summed E-state index contributed by atoms with van der Waals surface area (Å²) >= 11 is 0. The molecule has 1 aromatic heterocycles. The number of ether oxygens (including phenoxy) is 1. The molecule has 5 nitrogen and oxygen atoms in total. The van der Waals surface area contributed by atoms with Crippen LogP contribution in [0, 0.1) is 13.8 Å². The molecule has 0 radical (unpaired) electrons. The van der Waals surface area contributed by atoms with E-state index in [1.165, 1.54) is 11.1 Å². The van der Waals surface area contributed by atoms with Crippen molar-refractivity contribution < 1.29 is 14.3 Å². The second-order valence-corrected chi connectivity index (χ2v) is 5.42. The number of aliphatic hydroxyl groups excluding tert-OH is 1. The Morgan fingerprint density at radius 3 is 2.86 bits per heavy atom. The third-order valence-corrected chi connectivity index (χ3v) is 3.55. The van der Waals surface area contributed by atoms with Crippen molar-refractivity contribution in [1.29, 1.82) is 0 Å². The summed E-state index contributed by atoms with van der Waals surface area (Å²) in [6.07, 6.45) is 2.86. The third kappa shape index (κ3) is 4.44. The lowest BCUT2D eigenvalue weighted by Gasteiger charge is -2.10. The summed E-state index contributed by atoms with van der Waals surface area (Å²) in [7, 11) is 0. The van der Waals surface area contributed by atoms with E-state index in [0.717, 1.165) is 30.4 Å². The lowest BCUT2D eigenvalue weighted by atomic mass is 10.1. The van der Waals surface area contributed by atoms with Crippen molar-refractivity contribution in [2.75, 3.05) is 13.3 Å². The van der Waals surface area contributed by atoms with Crippen LogP contribution in [0.5, 0.6) is 6.08 Å². The molecule has 2 rings (SSSR count). The summed E-state index contributed by atoms with van der Waals surface area (Å²) in [4.78, 5) is 4.29. The monoisotopic (exact) mass is 292 g/mol. The predicted molar refractivity (Wildman–Crippen MR) is 82.5 cm³/mol.